The summed E-state index contributed by atoms with van der Waals surface area (Å²) in [6, 6.07) is 2.05. The summed E-state index contributed by atoms with van der Waals surface area (Å²) in [6.07, 6.45) is 11.5. The highest BCUT2D eigenvalue weighted by Crippen LogP contribution is 2.18. The van der Waals surface area contributed by atoms with Gasteiger partial charge in [-0.25, -0.2) is 0 Å². The van der Waals surface area contributed by atoms with Crippen molar-refractivity contribution in [2.45, 2.75) is 32.2 Å². The van der Waals surface area contributed by atoms with Crippen molar-refractivity contribution in [2.75, 3.05) is 0 Å². The van der Waals surface area contributed by atoms with Gasteiger partial charge >= 0.3 is 0 Å². The number of rotatable bonds is 4. The average molecular weight is 188 g/mol. The normalized spacial score (nSPS) is 12.1. The predicted molar refractivity (Wildman–Crippen MR) is 58.6 cm³/mol. The Balaban J connectivity index is 2.57. The fraction of sp³-hybridized carbons (Fsp3) is 0.417. The van der Waals surface area contributed by atoms with Gasteiger partial charge in [0.25, 0.3) is 0 Å². The van der Waals surface area contributed by atoms with Crippen molar-refractivity contribution < 1.29 is 0 Å². The molecule has 1 heterocycles. The second kappa shape index (κ2) is 5.41. The molecule has 0 aliphatic rings. The van der Waals surface area contributed by atoms with Gasteiger partial charge in [-0.1, -0.05) is 0 Å². The highest BCUT2D eigenvalue weighted by atomic mass is 14.7. The summed E-state index contributed by atoms with van der Waals surface area (Å²) in [7, 11) is 0. The topological polar surface area (TPSA) is 38.9 Å². The van der Waals surface area contributed by atoms with Gasteiger partial charge in [0.15, 0.2) is 0 Å². The highest BCUT2D eigenvalue weighted by Gasteiger charge is 2.07. The van der Waals surface area contributed by atoms with E-state index in [1.165, 1.54) is 5.56 Å². The van der Waals surface area contributed by atoms with Crippen LogP contribution < -0.4 is 5.73 Å². The second-order valence-corrected chi connectivity index (χ2v) is 3.44. The van der Waals surface area contributed by atoms with Crippen LogP contribution in [0.1, 0.15) is 36.4 Å². The van der Waals surface area contributed by atoms with Gasteiger partial charge in [-0.05, 0) is 37.0 Å². The molecular formula is C12H16N2. The lowest BCUT2D eigenvalue weighted by Gasteiger charge is -2.12. The minimum Gasteiger partial charge on any atom is -0.324 e. The van der Waals surface area contributed by atoms with Crippen molar-refractivity contribution in [1.29, 1.82) is 0 Å². The van der Waals surface area contributed by atoms with E-state index in [-0.39, 0.29) is 6.04 Å². The molecule has 0 bridgehead atoms. The van der Waals surface area contributed by atoms with Crippen LogP contribution in [0.4, 0.5) is 0 Å². The van der Waals surface area contributed by atoms with Crippen molar-refractivity contribution in [3.63, 3.8) is 0 Å². The first-order valence-corrected chi connectivity index (χ1v) is 4.85. The third kappa shape index (κ3) is 2.86. The maximum atomic E-state index is 6.03. The molecule has 1 unspecified atom stereocenters. The number of terminal acetylenes is 1. The van der Waals surface area contributed by atoms with E-state index in [4.69, 9.17) is 12.2 Å². The molecule has 0 spiro atoms. The van der Waals surface area contributed by atoms with Gasteiger partial charge in [-0.15, -0.1) is 12.3 Å². The van der Waals surface area contributed by atoms with E-state index in [1.54, 1.807) is 6.20 Å². The van der Waals surface area contributed by atoms with Gasteiger partial charge in [-0.3, -0.25) is 4.98 Å². The predicted octanol–water partition coefficient (Wildman–Crippen LogP) is 2.19. The molecule has 0 aromatic carbocycles. The molecule has 0 aliphatic carbocycles. The van der Waals surface area contributed by atoms with Crippen molar-refractivity contribution in [3.8, 4) is 12.3 Å². The van der Waals surface area contributed by atoms with Gasteiger partial charge in [0.1, 0.15) is 0 Å². The van der Waals surface area contributed by atoms with Crippen molar-refractivity contribution in [3.05, 3.63) is 29.6 Å². The summed E-state index contributed by atoms with van der Waals surface area (Å²) in [5, 5.41) is 0. The van der Waals surface area contributed by atoms with Crippen LogP contribution in [0.15, 0.2) is 18.5 Å². The molecule has 74 valence electrons. The molecule has 14 heavy (non-hydrogen) atoms. The number of hydrogen-bond donors (Lipinski definition) is 1. The zero-order valence-corrected chi connectivity index (χ0v) is 8.53. The minimum absolute atomic E-state index is 0.0667. The summed E-state index contributed by atoms with van der Waals surface area (Å²) in [4.78, 5) is 4.07. The quantitative estimate of drug-likeness (QED) is 0.581. The number of pyridine rings is 1. The Morgan fingerprint density at radius 3 is 3.07 bits per heavy atom. The first-order valence-electron chi connectivity index (χ1n) is 4.85. The first-order chi connectivity index (χ1) is 6.75. The Bertz CT molecular complexity index is 325. The number of nitrogens with two attached hydrogens (primary N) is 1. The van der Waals surface area contributed by atoms with Crippen molar-refractivity contribution >= 4 is 0 Å². The van der Waals surface area contributed by atoms with Gasteiger partial charge < -0.3 is 5.73 Å². The van der Waals surface area contributed by atoms with E-state index in [1.807, 2.05) is 12.3 Å². The van der Waals surface area contributed by atoms with Crippen LogP contribution in [0.2, 0.25) is 0 Å². The molecule has 1 atom stereocenters. The summed E-state index contributed by atoms with van der Waals surface area (Å²) < 4.78 is 0. The van der Waals surface area contributed by atoms with Crippen LogP contribution in [0.25, 0.3) is 0 Å². The standard InChI is InChI=1S/C12H16N2/c1-3-4-5-6-12(13)11-9-14-8-7-10(11)2/h1,7-9,12H,4-6,13H2,2H3. The average Bonchev–Trinajstić information content (AvgIpc) is 2.18. The monoisotopic (exact) mass is 188 g/mol. The molecule has 2 N–H and O–H groups in total. The zero-order chi connectivity index (χ0) is 10.4. The van der Waals surface area contributed by atoms with Gasteiger partial charge in [0.05, 0.1) is 0 Å². The summed E-state index contributed by atoms with van der Waals surface area (Å²) in [6.45, 7) is 2.05. The Hall–Kier alpha value is -1.33. The summed E-state index contributed by atoms with van der Waals surface area (Å²) in [5.74, 6) is 2.62. The van der Waals surface area contributed by atoms with E-state index in [9.17, 15) is 0 Å². The molecule has 1 rings (SSSR count). The Labute approximate surface area is 85.5 Å². The van der Waals surface area contributed by atoms with Crippen LogP contribution in [0, 0.1) is 19.3 Å². The van der Waals surface area contributed by atoms with Crippen molar-refractivity contribution in [2.24, 2.45) is 5.73 Å². The lowest BCUT2D eigenvalue weighted by atomic mass is 10.00. The molecule has 0 saturated carbocycles. The van der Waals surface area contributed by atoms with Crippen LogP contribution >= 0.6 is 0 Å². The molecule has 0 amide bonds. The molecule has 1 aromatic rings. The molecule has 0 aliphatic heterocycles. The van der Waals surface area contributed by atoms with Crippen LogP contribution in [0.5, 0.6) is 0 Å². The third-order valence-corrected chi connectivity index (χ3v) is 2.32. The van der Waals surface area contributed by atoms with Gasteiger partial charge in [0, 0.05) is 24.9 Å². The first kappa shape index (κ1) is 10.7. The van der Waals surface area contributed by atoms with Crippen LogP contribution in [-0.4, -0.2) is 4.98 Å². The van der Waals surface area contributed by atoms with E-state index in [0.29, 0.717) is 0 Å². The molecule has 1 aromatic heterocycles. The number of nitrogens with zero attached hydrogens (tertiary/aromatic N) is 1. The van der Waals surface area contributed by atoms with Gasteiger partial charge in [-0.2, -0.15) is 0 Å². The van der Waals surface area contributed by atoms with E-state index in [0.717, 1.165) is 24.8 Å². The fourth-order valence-electron chi connectivity index (χ4n) is 1.44. The Kier molecular flexibility index (Phi) is 4.15. The molecule has 2 heteroatoms. The highest BCUT2D eigenvalue weighted by molar-refractivity contribution is 5.24. The maximum Gasteiger partial charge on any atom is 0.0318 e. The molecule has 2 nitrogen and oxygen atoms in total. The van der Waals surface area contributed by atoms with E-state index < -0.39 is 0 Å². The van der Waals surface area contributed by atoms with Crippen LogP contribution in [0.3, 0.4) is 0 Å². The fourth-order valence-corrected chi connectivity index (χ4v) is 1.44. The minimum atomic E-state index is 0.0667. The lowest BCUT2D eigenvalue weighted by Crippen LogP contribution is -2.11. The molecule has 0 saturated heterocycles. The third-order valence-electron chi connectivity index (χ3n) is 2.32. The smallest absolute Gasteiger partial charge is 0.0318 e. The Morgan fingerprint density at radius 2 is 2.43 bits per heavy atom. The van der Waals surface area contributed by atoms with Crippen molar-refractivity contribution in [1.82, 2.24) is 4.98 Å². The maximum absolute atomic E-state index is 6.03. The molecule has 0 radical (unpaired) electrons. The summed E-state index contributed by atoms with van der Waals surface area (Å²) in [5.41, 5.74) is 8.36. The number of aryl methyl sites for hydroxylation is 1. The number of hydrogen-bond acceptors (Lipinski definition) is 2. The zero-order valence-electron chi connectivity index (χ0n) is 8.53. The lowest BCUT2D eigenvalue weighted by molar-refractivity contribution is 0.616. The summed E-state index contributed by atoms with van der Waals surface area (Å²) >= 11 is 0. The number of aromatic nitrogens is 1. The molecule has 0 fully saturated rings. The SMILES string of the molecule is C#CCCCC(N)c1cnccc1C. The Morgan fingerprint density at radius 1 is 1.64 bits per heavy atom. The largest absolute Gasteiger partial charge is 0.324 e. The van der Waals surface area contributed by atoms with E-state index in [2.05, 4.69) is 17.8 Å². The molecular weight excluding hydrogens is 172 g/mol. The van der Waals surface area contributed by atoms with E-state index >= 15 is 0 Å². The number of unbranched alkanes of at least 4 members (excludes halogenated alkanes) is 1. The van der Waals surface area contributed by atoms with Gasteiger partial charge in [0.2, 0.25) is 0 Å². The second-order valence-electron chi connectivity index (χ2n) is 3.44. The van der Waals surface area contributed by atoms with Crippen LogP contribution in [-0.2, 0) is 0 Å².